The van der Waals surface area contributed by atoms with E-state index in [0.29, 0.717) is 38.3 Å². The van der Waals surface area contributed by atoms with Crippen molar-refractivity contribution in [3.8, 4) is 0 Å². The first-order valence-electron chi connectivity index (χ1n) is 15.7. The molecule has 2 fully saturated rings. The summed E-state index contributed by atoms with van der Waals surface area (Å²) in [5.74, 6) is 1.09. The second-order valence-corrected chi connectivity index (χ2v) is 13.3. The number of ether oxygens (including phenoxy) is 1. The van der Waals surface area contributed by atoms with Crippen LogP contribution in [-0.4, -0.2) is 41.6 Å². The molecule has 2 aliphatic carbocycles. The van der Waals surface area contributed by atoms with Gasteiger partial charge in [-0.3, -0.25) is 9.59 Å². The molecular weight excluding hydrogens is 518 g/mol. The first-order valence-corrected chi connectivity index (χ1v) is 15.7. The Morgan fingerprint density at radius 1 is 0.951 bits per heavy atom. The maximum absolute atomic E-state index is 14.3. The van der Waals surface area contributed by atoms with Crippen LogP contribution in [0.15, 0.2) is 18.3 Å². The molecule has 1 atom stereocenters. The summed E-state index contributed by atoms with van der Waals surface area (Å²) in [6, 6.07) is 3.65. The number of nitrogens with two attached hydrogens (primary N) is 1. The highest BCUT2D eigenvalue weighted by atomic mass is 16.6. The van der Waals surface area contributed by atoms with Crippen LogP contribution in [0.5, 0.6) is 0 Å². The normalized spacial score (nSPS) is 17.9. The van der Waals surface area contributed by atoms with Crippen LogP contribution < -0.4 is 21.7 Å². The van der Waals surface area contributed by atoms with Gasteiger partial charge in [0.15, 0.2) is 0 Å². The van der Waals surface area contributed by atoms with Gasteiger partial charge < -0.3 is 26.4 Å². The number of hydrogen-bond donors (Lipinski definition) is 4. The molecule has 41 heavy (non-hydrogen) atoms. The van der Waals surface area contributed by atoms with E-state index in [2.05, 4.69) is 20.9 Å². The lowest BCUT2D eigenvalue weighted by Gasteiger charge is -2.48. The first-order chi connectivity index (χ1) is 19.5. The lowest BCUT2D eigenvalue weighted by molar-refractivity contribution is -0.142. The van der Waals surface area contributed by atoms with E-state index < -0.39 is 17.1 Å². The summed E-state index contributed by atoms with van der Waals surface area (Å²) < 4.78 is 5.30. The van der Waals surface area contributed by atoms with Crippen molar-refractivity contribution in [3.05, 3.63) is 23.9 Å². The molecule has 9 heteroatoms. The van der Waals surface area contributed by atoms with Crippen molar-refractivity contribution >= 4 is 23.7 Å². The van der Waals surface area contributed by atoms with Gasteiger partial charge in [0.05, 0.1) is 5.41 Å². The van der Waals surface area contributed by atoms with Crippen LogP contribution in [0.3, 0.4) is 0 Å². The van der Waals surface area contributed by atoms with Crippen molar-refractivity contribution in [3.63, 3.8) is 0 Å². The Morgan fingerprint density at radius 2 is 1.56 bits per heavy atom. The van der Waals surface area contributed by atoms with Crippen LogP contribution >= 0.6 is 0 Å². The zero-order chi connectivity index (χ0) is 29.9. The number of rotatable bonds is 12. The topological polar surface area (TPSA) is 135 Å². The van der Waals surface area contributed by atoms with Crippen LogP contribution in [0.2, 0.25) is 0 Å². The number of pyridine rings is 1. The summed E-state index contributed by atoms with van der Waals surface area (Å²) in [5, 5.41) is 9.26. The maximum Gasteiger partial charge on any atom is 0.407 e. The predicted octanol–water partition coefficient (Wildman–Crippen LogP) is 5.48. The minimum Gasteiger partial charge on any atom is -0.444 e. The second kappa shape index (κ2) is 15.4. The van der Waals surface area contributed by atoms with Gasteiger partial charge in [-0.25, -0.2) is 9.78 Å². The second-order valence-electron chi connectivity index (χ2n) is 13.3. The number of carbonyl (C=O) groups excluding carboxylic acids is 3. The van der Waals surface area contributed by atoms with E-state index in [4.69, 9.17) is 10.5 Å². The highest BCUT2D eigenvalue weighted by Gasteiger charge is 2.51. The zero-order valence-corrected chi connectivity index (χ0v) is 25.7. The van der Waals surface area contributed by atoms with Crippen molar-refractivity contribution in [2.24, 2.45) is 23.2 Å². The number of nitrogens with zero attached hydrogens (tertiary/aromatic N) is 1. The van der Waals surface area contributed by atoms with Crippen LogP contribution in [0, 0.1) is 23.2 Å². The number of carbonyl (C=O) groups is 3. The number of aromatic nitrogens is 1. The molecule has 9 nitrogen and oxygen atoms in total. The average molecular weight is 572 g/mol. The highest BCUT2D eigenvalue weighted by molar-refractivity contribution is 5.85. The van der Waals surface area contributed by atoms with Gasteiger partial charge in [-0.2, -0.15) is 0 Å². The van der Waals surface area contributed by atoms with E-state index in [0.717, 1.165) is 56.9 Å². The maximum atomic E-state index is 14.3. The van der Waals surface area contributed by atoms with Gasteiger partial charge in [-0.1, -0.05) is 51.5 Å². The largest absolute Gasteiger partial charge is 0.444 e. The van der Waals surface area contributed by atoms with Crippen molar-refractivity contribution in [1.82, 2.24) is 20.9 Å². The number of nitrogens with one attached hydrogen (secondary N) is 3. The third kappa shape index (κ3) is 10.2. The third-order valence-electron chi connectivity index (χ3n) is 8.83. The van der Waals surface area contributed by atoms with Crippen molar-refractivity contribution in [1.29, 1.82) is 0 Å². The Kier molecular flexibility index (Phi) is 12.3. The lowest BCUT2D eigenvalue weighted by atomic mass is 9.58. The summed E-state index contributed by atoms with van der Waals surface area (Å²) in [7, 11) is 0. The molecule has 0 bridgehead atoms. The van der Waals surface area contributed by atoms with Gasteiger partial charge in [0, 0.05) is 32.3 Å². The van der Waals surface area contributed by atoms with Crippen LogP contribution in [0.1, 0.15) is 110 Å². The van der Waals surface area contributed by atoms with Gasteiger partial charge in [0.2, 0.25) is 11.8 Å². The van der Waals surface area contributed by atoms with Gasteiger partial charge in [-0.05, 0) is 82.3 Å². The molecule has 5 N–H and O–H groups in total. The SMILES string of the molecule is C[C@@H](CCC(=O)NCC(C(=O)NCc1ccc(N)nc1)(C1CCCCC1)C1CCCCC1)CNC(=O)OC(C)(C)C. The fraction of sp³-hybridized carbons (Fsp3) is 0.750. The van der Waals surface area contributed by atoms with Crippen LogP contribution in [0.4, 0.5) is 10.6 Å². The van der Waals surface area contributed by atoms with E-state index in [1.807, 2.05) is 33.8 Å². The van der Waals surface area contributed by atoms with Crippen molar-refractivity contribution in [2.75, 3.05) is 18.8 Å². The van der Waals surface area contributed by atoms with E-state index in [1.54, 1.807) is 12.3 Å². The summed E-state index contributed by atoms with van der Waals surface area (Å²) in [5.41, 5.74) is 5.49. The summed E-state index contributed by atoms with van der Waals surface area (Å²) in [4.78, 5) is 43.6. The van der Waals surface area contributed by atoms with Crippen molar-refractivity contribution in [2.45, 2.75) is 117 Å². The molecular formula is C32H53N5O4. The van der Waals surface area contributed by atoms with Gasteiger partial charge in [0.1, 0.15) is 11.4 Å². The molecule has 1 aromatic heterocycles. The molecule has 3 rings (SSSR count). The lowest BCUT2D eigenvalue weighted by Crippen LogP contribution is -2.57. The summed E-state index contributed by atoms with van der Waals surface area (Å²) in [6.07, 6.45) is 13.3. The Hall–Kier alpha value is -2.84. The number of anilines is 1. The van der Waals surface area contributed by atoms with E-state index in [1.165, 1.54) is 12.8 Å². The van der Waals surface area contributed by atoms with Gasteiger partial charge in [-0.15, -0.1) is 0 Å². The molecule has 0 aromatic carbocycles. The van der Waals surface area contributed by atoms with Crippen LogP contribution in [0.25, 0.3) is 0 Å². The fourth-order valence-electron chi connectivity index (χ4n) is 6.58. The molecule has 2 saturated carbocycles. The molecule has 3 amide bonds. The number of amides is 3. The Balaban J connectivity index is 1.66. The molecule has 2 aliphatic rings. The number of hydrogen-bond acceptors (Lipinski definition) is 6. The molecule has 1 aromatic rings. The van der Waals surface area contributed by atoms with E-state index >= 15 is 0 Å². The molecule has 0 radical (unpaired) electrons. The number of alkyl carbamates (subject to hydrolysis) is 1. The Morgan fingerprint density at radius 3 is 2.10 bits per heavy atom. The summed E-state index contributed by atoms with van der Waals surface area (Å²) >= 11 is 0. The molecule has 230 valence electrons. The van der Waals surface area contributed by atoms with E-state index in [-0.39, 0.29) is 29.6 Å². The minimum atomic E-state index is -0.623. The van der Waals surface area contributed by atoms with Gasteiger partial charge >= 0.3 is 6.09 Å². The average Bonchev–Trinajstić information content (AvgIpc) is 2.95. The molecule has 0 spiro atoms. The molecule has 1 heterocycles. The quantitative estimate of drug-likeness (QED) is 0.262. The standard InChI is InChI=1S/C32H53N5O4/c1-23(19-36-30(40)41-31(2,3)4)15-18-28(38)37-22-32(25-11-7-5-8-12-25,26-13-9-6-10-14-26)29(39)35-21-24-16-17-27(33)34-20-24/h16-17,20,23,25-26H,5-15,18-19,21-22H2,1-4H3,(H2,33,34)(H,35,39)(H,36,40)(H,37,38)/t23-/m0/s1. The fourth-order valence-corrected chi connectivity index (χ4v) is 6.58. The first kappa shape index (κ1) is 32.7. The Labute approximate surface area is 246 Å². The van der Waals surface area contributed by atoms with Gasteiger partial charge in [0.25, 0.3) is 0 Å². The monoisotopic (exact) mass is 571 g/mol. The van der Waals surface area contributed by atoms with Crippen LogP contribution in [-0.2, 0) is 20.9 Å². The number of nitrogen functional groups attached to an aromatic ring is 1. The molecule has 0 saturated heterocycles. The molecule has 0 aliphatic heterocycles. The minimum absolute atomic E-state index is 0.0411. The zero-order valence-electron chi connectivity index (χ0n) is 25.7. The van der Waals surface area contributed by atoms with Crippen molar-refractivity contribution < 1.29 is 19.1 Å². The summed E-state index contributed by atoms with van der Waals surface area (Å²) in [6.45, 7) is 8.71. The highest BCUT2D eigenvalue weighted by Crippen LogP contribution is 2.49. The predicted molar refractivity (Wildman–Crippen MR) is 162 cm³/mol. The molecule has 0 unspecified atom stereocenters. The van der Waals surface area contributed by atoms with E-state index in [9.17, 15) is 14.4 Å². The Bertz CT molecular complexity index is 961. The third-order valence-corrected chi connectivity index (χ3v) is 8.83. The smallest absolute Gasteiger partial charge is 0.407 e.